The Labute approximate surface area is 129 Å². The van der Waals surface area contributed by atoms with E-state index in [2.05, 4.69) is 24.1 Å². The molecule has 2 N–H and O–H groups in total. The minimum absolute atomic E-state index is 0.291. The summed E-state index contributed by atoms with van der Waals surface area (Å²) in [5.41, 5.74) is -0.655. The summed E-state index contributed by atoms with van der Waals surface area (Å²) in [7, 11) is 0. The lowest BCUT2D eigenvalue weighted by molar-refractivity contribution is -0.146. The number of carbonyl (C=O) groups is 1. The molecule has 1 saturated heterocycles. The van der Waals surface area contributed by atoms with E-state index in [1.165, 1.54) is 25.9 Å². The molecule has 0 aromatic carbocycles. The van der Waals surface area contributed by atoms with Crippen LogP contribution in [0, 0.1) is 11.8 Å². The number of nitrogens with zero attached hydrogens (tertiary/aromatic N) is 1. The van der Waals surface area contributed by atoms with Crippen molar-refractivity contribution in [3.8, 4) is 0 Å². The first-order chi connectivity index (χ1) is 10.1. The third kappa shape index (κ3) is 3.98. The van der Waals surface area contributed by atoms with E-state index < -0.39 is 11.5 Å². The fourth-order valence-electron chi connectivity index (χ4n) is 4.23. The van der Waals surface area contributed by atoms with Crippen LogP contribution >= 0.6 is 0 Å². The molecular formula is C17H32N2O2. The van der Waals surface area contributed by atoms with Crippen molar-refractivity contribution in [2.75, 3.05) is 26.2 Å². The summed E-state index contributed by atoms with van der Waals surface area (Å²) in [4.78, 5) is 14.4. The SMILES string of the molecule is CCCNC1(C(=O)O)CCCC1CCN1CCCC(C)C1. The molecule has 0 bridgehead atoms. The van der Waals surface area contributed by atoms with Crippen LogP contribution in [0.1, 0.15) is 58.8 Å². The number of carboxylic acids is 1. The smallest absolute Gasteiger partial charge is 0.324 e. The molecule has 2 aliphatic rings. The highest BCUT2D eigenvalue weighted by Gasteiger charge is 2.48. The highest BCUT2D eigenvalue weighted by atomic mass is 16.4. The molecule has 1 saturated carbocycles. The van der Waals surface area contributed by atoms with Gasteiger partial charge in [0.2, 0.25) is 0 Å². The molecule has 3 atom stereocenters. The Morgan fingerprint density at radius 1 is 1.38 bits per heavy atom. The Bertz CT molecular complexity index is 348. The minimum atomic E-state index is -0.655. The van der Waals surface area contributed by atoms with Gasteiger partial charge in [-0.15, -0.1) is 0 Å². The second-order valence-corrected chi connectivity index (χ2v) is 7.13. The molecule has 4 nitrogen and oxygen atoms in total. The van der Waals surface area contributed by atoms with Crippen molar-refractivity contribution >= 4 is 5.97 Å². The first-order valence-corrected chi connectivity index (χ1v) is 8.79. The summed E-state index contributed by atoms with van der Waals surface area (Å²) in [6, 6.07) is 0. The van der Waals surface area contributed by atoms with Gasteiger partial charge in [0, 0.05) is 6.54 Å². The number of aliphatic carboxylic acids is 1. The van der Waals surface area contributed by atoms with E-state index in [9.17, 15) is 9.90 Å². The molecule has 0 spiro atoms. The summed E-state index contributed by atoms with van der Waals surface area (Å²) in [6.45, 7) is 8.68. The molecule has 1 aliphatic heterocycles. The van der Waals surface area contributed by atoms with Crippen molar-refractivity contribution in [3.05, 3.63) is 0 Å². The van der Waals surface area contributed by atoms with Gasteiger partial charge in [0.05, 0.1) is 0 Å². The monoisotopic (exact) mass is 296 g/mol. The zero-order valence-electron chi connectivity index (χ0n) is 13.7. The van der Waals surface area contributed by atoms with Crippen LogP contribution in [-0.4, -0.2) is 47.7 Å². The quantitative estimate of drug-likeness (QED) is 0.758. The molecule has 21 heavy (non-hydrogen) atoms. The number of likely N-dealkylation sites (tertiary alicyclic amines) is 1. The lowest BCUT2D eigenvalue weighted by Gasteiger charge is -2.36. The number of piperidine rings is 1. The van der Waals surface area contributed by atoms with Crippen molar-refractivity contribution in [1.82, 2.24) is 10.2 Å². The third-order valence-electron chi connectivity index (χ3n) is 5.43. The lowest BCUT2D eigenvalue weighted by Crippen LogP contribution is -2.55. The molecule has 0 radical (unpaired) electrons. The van der Waals surface area contributed by atoms with Gasteiger partial charge in [-0.05, 0) is 70.0 Å². The Kier molecular flexibility index (Phi) is 6.06. The van der Waals surface area contributed by atoms with Crippen LogP contribution in [0.25, 0.3) is 0 Å². The Balaban J connectivity index is 1.91. The number of carboxylic acid groups (broad SMARTS) is 1. The van der Waals surface area contributed by atoms with E-state index in [1.807, 2.05) is 0 Å². The van der Waals surface area contributed by atoms with Crippen molar-refractivity contribution < 1.29 is 9.90 Å². The van der Waals surface area contributed by atoms with E-state index in [1.54, 1.807) is 0 Å². The normalized spacial score (nSPS) is 34.2. The van der Waals surface area contributed by atoms with Crippen LogP contribution in [0.4, 0.5) is 0 Å². The zero-order valence-corrected chi connectivity index (χ0v) is 13.7. The van der Waals surface area contributed by atoms with Gasteiger partial charge < -0.3 is 15.3 Å². The topological polar surface area (TPSA) is 52.6 Å². The van der Waals surface area contributed by atoms with Crippen LogP contribution in [0.15, 0.2) is 0 Å². The molecule has 4 heteroatoms. The number of rotatable bonds is 7. The van der Waals surface area contributed by atoms with Gasteiger partial charge in [0.25, 0.3) is 0 Å². The van der Waals surface area contributed by atoms with Crippen LogP contribution in [0.3, 0.4) is 0 Å². The highest BCUT2D eigenvalue weighted by molar-refractivity contribution is 5.79. The fourth-order valence-corrected chi connectivity index (χ4v) is 4.23. The van der Waals surface area contributed by atoms with Crippen LogP contribution in [0.5, 0.6) is 0 Å². The zero-order chi connectivity index (χ0) is 15.3. The highest BCUT2D eigenvalue weighted by Crippen LogP contribution is 2.38. The van der Waals surface area contributed by atoms with Crippen molar-refractivity contribution in [2.45, 2.75) is 64.3 Å². The first kappa shape index (κ1) is 16.8. The van der Waals surface area contributed by atoms with Gasteiger partial charge >= 0.3 is 5.97 Å². The molecule has 0 amide bonds. The molecule has 122 valence electrons. The van der Waals surface area contributed by atoms with Crippen LogP contribution in [-0.2, 0) is 4.79 Å². The molecule has 0 aromatic rings. The van der Waals surface area contributed by atoms with Gasteiger partial charge in [-0.1, -0.05) is 20.3 Å². The molecule has 3 unspecified atom stereocenters. The standard InChI is InChI=1S/C17H32N2O2/c1-3-10-18-17(16(20)21)9-4-7-15(17)8-12-19-11-5-6-14(2)13-19/h14-15,18H,3-13H2,1-2H3,(H,20,21). The van der Waals surface area contributed by atoms with Gasteiger partial charge in [-0.2, -0.15) is 0 Å². The largest absolute Gasteiger partial charge is 0.480 e. The predicted molar refractivity (Wildman–Crippen MR) is 85.5 cm³/mol. The van der Waals surface area contributed by atoms with Gasteiger partial charge in [0.15, 0.2) is 0 Å². The average Bonchev–Trinajstić information content (AvgIpc) is 2.87. The van der Waals surface area contributed by atoms with E-state index in [-0.39, 0.29) is 0 Å². The maximum atomic E-state index is 11.9. The van der Waals surface area contributed by atoms with E-state index >= 15 is 0 Å². The molecule has 2 rings (SSSR count). The van der Waals surface area contributed by atoms with E-state index in [4.69, 9.17) is 0 Å². The summed E-state index contributed by atoms with van der Waals surface area (Å²) in [5.74, 6) is 0.453. The van der Waals surface area contributed by atoms with E-state index in [0.29, 0.717) is 5.92 Å². The van der Waals surface area contributed by atoms with Crippen molar-refractivity contribution in [3.63, 3.8) is 0 Å². The second-order valence-electron chi connectivity index (χ2n) is 7.13. The molecule has 0 aromatic heterocycles. The molecular weight excluding hydrogens is 264 g/mol. The van der Waals surface area contributed by atoms with Gasteiger partial charge in [0.1, 0.15) is 5.54 Å². The predicted octanol–water partition coefficient (Wildman–Crippen LogP) is 2.73. The summed E-state index contributed by atoms with van der Waals surface area (Å²) in [5, 5.41) is 13.1. The molecule has 2 fully saturated rings. The van der Waals surface area contributed by atoms with E-state index in [0.717, 1.165) is 51.1 Å². The van der Waals surface area contributed by atoms with Gasteiger partial charge in [-0.3, -0.25) is 4.79 Å². The van der Waals surface area contributed by atoms with Crippen molar-refractivity contribution in [1.29, 1.82) is 0 Å². The number of hydrogen-bond donors (Lipinski definition) is 2. The second kappa shape index (κ2) is 7.59. The fraction of sp³-hybridized carbons (Fsp3) is 0.941. The van der Waals surface area contributed by atoms with Gasteiger partial charge in [-0.25, -0.2) is 0 Å². The molecule has 1 aliphatic carbocycles. The average molecular weight is 296 g/mol. The lowest BCUT2D eigenvalue weighted by atomic mass is 9.84. The Morgan fingerprint density at radius 2 is 2.19 bits per heavy atom. The number of nitrogens with one attached hydrogen (secondary N) is 1. The summed E-state index contributed by atoms with van der Waals surface area (Å²) < 4.78 is 0. The summed E-state index contributed by atoms with van der Waals surface area (Å²) >= 11 is 0. The Hall–Kier alpha value is -0.610. The van der Waals surface area contributed by atoms with Crippen LogP contribution < -0.4 is 5.32 Å². The molecule has 1 heterocycles. The summed E-state index contributed by atoms with van der Waals surface area (Å²) in [6.07, 6.45) is 7.56. The number of hydrogen-bond acceptors (Lipinski definition) is 3. The van der Waals surface area contributed by atoms with Crippen LogP contribution in [0.2, 0.25) is 0 Å². The minimum Gasteiger partial charge on any atom is -0.480 e. The maximum absolute atomic E-state index is 11.9. The maximum Gasteiger partial charge on any atom is 0.324 e. The Morgan fingerprint density at radius 3 is 2.86 bits per heavy atom. The third-order valence-corrected chi connectivity index (χ3v) is 5.43. The van der Waals surface area contributed by atoms with Crippen molar-refractivity contribution in [2.24, 2.45) is 11.8 Å². The first-order valence-electron chi connectivity index (χ1n) is 8.79.